The van der Waals surface area contributed by atoms with Crippen molar-refractivity contribution in [2.45, 2.75) is 40.2 Å². The van der Waals surface area contributed by atoms with E-state index in [4.69, 9.17) is 0 Å². The van der Waals surface area contributed by atoms with E-state index in [-0.39, 0.29) is 11.9 Å². The molecule has 0 saturated heterocycles. The van der Waals surface area contributed by atoms with E-state index >= 15 is 0 Å². The van der Waals surface area contributed by atoms with Crippen molar-refractivity contribution in [2.24, 2.45) is 0 Å². The maximum atomic E-state index is 11.9. The smallest absolute Gasteiger partial charge is 0.241 e. The SMILES string of the molecule is CCCNC(C)C(=O)Nc1cc(C)ccc1C. The molecule has 0 aromatic heterocycles. The molecule has 0 radical (unpaired) electrons. The molecule has 1 rings (SSSR count). The fourth-order valence-corrected chi connectivity index (χ4v) is 1.57. The molecule has 0 spiro atoms. The van der Waals surface area contributed by atoms with E-state index in [0.29, 0.717) is 0 Å². The molecule has 1 amide bonds. The van der Waals surface area contributed by atoms with Crippen LogP contribution in [0.2, 0.25) is 0 Å². The summed E-state index contributed by atoms with van der Waals surface area (Å²) in [5, 5.41) is 6.13. The first-order chi connectivity index (χ1) is 8.04. The molecule has 0 aliphatic carbocycles. The number of hydrogen-bond donors (Lipinski definition) is 2. The molecule has 0 fully saturated rings. The zero-order valence-corrected chi connectivity index (χ0v) is 11.1. The van der Waals surface area contributed by atoms with Crippen molar-refractivity contribution in [3.05, 3.63) is 29.3 Å². The summed E-state index contributed by atoms with van der Waals surface area (Å²) in [6.07, 6.45) is 1.03. The first-order valence-corrected chi connectivity index (χ1v) is 6.16. The lowest BCUT2D eigenvalue weighted by Crippen LogP contribution is -2.38. The molecule has 0 heterocycles. The minimum absolute atomic E-state index is 0.0205. The van der Waals surface area contributed by atoms with Crippen LogP contribution in [0.25, 0.3) is 0 Å². The highest BCUT2D eigenvalue weighted by atomic mass is 16.2. The Hall–Kier alpha value is -1.35. The maximum Gasteiger partial charge on any atom is 0.241 e. The van der Waals surface area contributed by atoms with Gasteiger partial charge < -0.3 is 10.6 Å². The first-order valence-electron chi connectivity index (χ1n) is 6.16. The standard InChI is InChI=1S/C14H22N2O/c1-5-8-15-12(4)14(17)16-13-9-10(2)6-7-11(13)3/h6-7,9,12,15H,5,8H2,1-4H3,(H,16,17). The highest BCUT2D eigenvalue weighted by Gasteiger charge is 2.12. The second kappa shape index (κ2) is 6.40. The van der Waals surface area contributed by atoms with Gasteiger partial charge in [0.25, 0.3) is 0 Å². The van der Waals surface area contributed by atoms with Crippen LogP contribution in [0.1, 0.15) is 31.4 Å². The summed E-state index contributed by atoms with van der Waals surface area (Å²) in [5.74, 6) is 0.0205. The number of amides is 1. The van der Waals surface area contributed by atoms with E-state index in [1.807, 2.05) is 39.0 Å². The Labute approximate surface area is 104 Å². The molecule has 94 valence electrons. The van der Waals surface area contributed by atoms with Crippen LogP contribution in [0.4, 0.5) is 5.69 Å². The molecule has 3 heteroatoms. The van der Waals surface area contributed by atoms with Crippen LogP contribution in [-0.4, -0.2) is 18.5 Å². The molecule has 3 nitrogen and oxygen atoms in total. The van der Waals surface area contributed by atoms with Crippen LogP contribution < -0.4 is 10.6 Å². The van der Waals surface area contributed by atoms with Gasteiger partial charge in [0.1, 0.15) is 0 Å². The van der Waals surface area contributed by atoms with Crippen LogP contribution in [0, 0.1) is 13.8 Å². The number of carbonyl (C=O) groups is 1. The van der Waals surface area contributed by atoms with Crippen molar-refractivity contribution in [2.75, 3.05) is 11.9 Å². The number of nitrogens with one attached hydrogen (secondary N) is 2. The molecular formula is C14H22N2O. The van der Waals surface area contributed by atoms with Gasteiger partial charge in [-0.15, -0.1) is 0 Å². The molecule has 1 aromatic carbocycles. The number of carbonyl (C=O) groups excluding carboxylic acids is 1. The van der Waals surface area contributed by atoms with Gasteiger partial charge >= 0.3 is 0 Å². The van der Waals surface area contributed by atoms with Crippen molar-refractivity contribution in [1.82, 2.24) is 5.32 Å². The number of anilines is 1. The summed E-state index contributed by atoms with van der Waals surface area (Å²) in [6.45, 7) is 8.85. The first kappa shape index (κ1) is 13.7. The fraction of sp³-hybridized carbons (Fsp3) is 0.500. The van der Waals surface area contributed by atoms with Crippen molar-refractivity contribution in [3.8, 4) is 0 Å². The Balaban J connectivity index is 2.64. The molecule has 0 saturated carbocycles. The van der Waals surface area contributed by atoms with Gasteiger partial charge in [0.15, 0.2) is 0 Å². The summed E-state index contributed by atoms with van der Waals surface area (Å²) in [7, 11) is 0. The van der Waals surface area contributed by atoms with Gasteiger partial charge in [-0.1, -0.05) is 19.1 Å². The average molecular weight is 234 g/mol. The lowest BCUT2D eigenvalue weighted by atomic mass is 10.1. The van der Waals surface area contributed by atoms with E-state index in [9.17, 15) is 4.79 Å². The fourth-order valence-electron chi connectivity index (χ4n) is 1.57. The molecule has 1 atom stereocenters. The zero-order chi connectivity index (χ0) is 12.8. The number of benzene rings is 1. The average Bonchev–Trinajstić information content (AvgIpc) is 2.30. The van der Waals surface area contributed by atoms with E-state index in [1.165, 1.54) is 0 Å². The summed E-state index contributed by atoms with van der Waals surface area (Å²) >= 11 is 0. The molecule has 0 aliphatic rings. The second-order valence-corrected chi connectivity index (χ2v) is 4.48. The van der Waals surface area contributed by atoms with Crippen LogP contribution in [0.15, 0.2) is 18.2 Å². The normalized spacial score (nSPS) is 12.2. The molecule has 0 bridgehead atoms. The quantitative estimate of drug-likeness (QED) is 0.822. The van der Waals surface area contributed by atoms with Crippen LogP contribution in [0.3, 0.4) is 0 Å². The largest absolute Gasteiger partial charge is 0.324 e. The Kier molecular flexibility index (Phi) is 5.16. The van der Waals surface area contributed by atoms with Crippen molar-refractivity contribution in [1.29, 1.82) is 0 Å². The maximum absolute atomic E-state index is 11.9. The lowest BCUT2D eigenvalue weighted by molar-refractivity contribution is -0.117. The molecule has 1 unspecified atom stereocenters. The van der Waals surface area contributed by atoms with Gasteiger partial charge in [-0.3, -0.25) is 4.79 Å². The third-order valence-corrected chi connectivity index (χ3v) is 2.74. The Bertz CT molecular complexity index is 388. The van der Waals surface area contributed by atoms with E-state index in [1.54, 1.807) is 0 Å². The van der Waals surface area contributed by atoms with Crippen molar-refractivity contribution in [3.63, 3.8) is 0 Å². The summed E-state index contributed by atoms with van der Waals surface area (Å²) in [4.78, 5) is 11.9. The second-order valence-electron chi connectivity index (χ2n) is 4.48. The molecule has 2 N–H and O–H groups in total. The van der Waals surface area contributed by atoms with Crippen LogP contribution >= 0.6 is 0 Å². The lowest BCUT2D eigenvalue weighted by Gasteiger charge is -2.15. The Morgan fingerprint density at radius 2 is 2.06 bits per heavy atom. The van der Waals surface area contributed by atoms with Gasteiger partial charge in [0.05, 0.1) is 6.04 Å². The number of rotatable bonds is 5. The van der Waals surface area contributed by atoms with Crippen molar-refractivity contribution >= 4 is 11.6 Å². The van der Waals surface area contributed by atoms with Gasteiger partial charge in [0, 0.05) is 5.69 Å². The van der Waals surface area contributed by atoms with Crippen LogP contribution in [0.5, 0.6) is 0 Å². The molecule has 0 aliphatic heterocycles. The molecular weight excluding hydrogens is 212 g/mol. The topological polar surface area (TPSA) is 41.1 Å². The van der Waals surface area contributed by atoms with E-state index in [2.05, 4.69) is 17.6 Å². The van der Waals surface area contributed by atoms with Gasteiger partial charge in [-0.05, 0) is 50.9 Å². The minimum atomic E-state index is -0.158. The van der Waals surface area contributed by atoms with Gasteiger partial charge in [-0.25, -0.2) is 0 Å². The Morgan fingerprint density at radius 1 is 1.35 bits per heavy atom. The molecule has 17 heavy (non-hydrogen) atoms. The number of hydrogen-bond acceptors (Lipinski definition) is 2. The van der Waals surface area contributed by atoms with Crippen molar-refractivity contribution < 1.29 is 4.79 Å². The summed E-state index contributed by atoms with van der Waals surface area (Å²) < 4.78 is 0. The summed E-state index contributed by atoms with van der Waals surface area (Å²) in [6, 6.07) is 5.91. The summed E-state index contributed by atoms with van der Waals surface area (Å²) in [5.41, 5.74) is 3.15. The van der Waals surface area contributed by atoms with Crippen LogP contribution in [-0.2, 0) is 4.79 Å². The molecule has 1 aromatic rings. The predicted molar refractivity (Wildman–Crippen MR) is 72.3 cm³/mol. The third kappa shape index (κ3) is 4.19. The predicted octanol–water partition coefficient (Wildman–Crippen LogP) is 2.63. The van der Waals surface area contributed by atoms with Gasteiger partial charge in [0.2, 0.25) is 5.91 Å². The van der Waals surface area contributed by atoms with E-state index in [0.717, 1.165) is 29.8 Å². The highest BCUT2D eigenvalue weighted by molar-refractivity contribution is 5.95. The number of aryl methyl sites for hydroxylation is 2. The Morgan fingerprint density at radius 3 is 2.71 bits per heavy atom. The van der Waals surface area contributed by atoms with E-state index < -0.39 is 0 Å². The highest BCUT2D eigenvalue weighted by Crippen LogP contribution is 2.16. The minimum Gasteiger partial charge on any atom is -0.324 e. The monoisotopic (exact) mass is 234 g/mol. The van der Waals surface area contributed by atoms with Gasteiger partial charge in [-0.2, -0.15) is 0 Å². The zero-order valence-electron chi connectivity index (χ0n) is 11.1. The third-order valence-electron chi connectivity index (χ3n) is 2.74.